The number of fused-ring (bicyclic) bond motifs is 5. The van der Waals surface area contributed by atoms with Crippen LogP contribution in [0.1, 0.15) is 92.2 Å². The lowest BCUT2D eigenvalue weighted by Crippen LogP contribution is -2.46. The molecular weight excluding hydrogens is 605 g/mol. The molecule has 2 aliphatic heterocycles. The van der Waals surface area contributed by atoms with E-state index >= 15 is 4.39 Å². The molecular formula is C33H40FN9O2S. The zero-order valence-electron chi connectivity index (χ0n) is 26.6. The minimum atomic E-state index is -0.958. The number of rotatable bonds is 4. The highest BCUT2D eigenvalue weighted by Crippen LogP contribution is 2.55. The van der Waals surface area contributed by atoms with Crippen molar-refractivity contribution < 1.29 is 14.0 Å². The summed E-state index contributed by atoms with van der Waals surface area (Å²) < 4.78 is 23.3. The highest BCUT2D eigenvalue weighted by atomic mass is 32.1. The Morgan fingerprint density at radius 1 is 1.20 bits per heavy atom. The highest BCUT2D eigenvalue weighted by molar-refractivity contribution is 7.16. The minimum absolute atomic E-state index is 0.274. The number of thiophene rings is 1. The third kappa shape index (κ3) is 4.40. The van der Waals surface area contributed by atoms with Gasteiger partial charge in [0.1, 0.15) is 23.1 Å². The maximum Gasteiger partial charge on any atom is 0.186 e. The second-order valence-corrected chi connectivity index (χ2v) is 15.3. The van der Waals surface area contributed by atoms with E-state index in [9.17, 15) is 10.4 Å². The Bertz CT molecular complexity index is 1860. The summed E-state index contributed by atoms with van der Waals surface area (Å²) in [5.74, 6) is 1.92. The van der Waals surface area contributed by atoms with E-state index in [-0.39, 0.29) is 12.1 Å². The SMILES string of the molecule is CC([C@@H]1C(F)CCN1C)n1ncc2c(N3CCCC(C)(O)C3)nc(-c3noc4c3CCCC43CCCc4sc(N)c(C#N)c43)nc21. The molecule has 1 spiro atoms. The van der Waals surface area contributed by atoms with Crippen molar-refractivity contribution in [3.8, 4) is 17.6 Å². The third-order valence-electron chi connectivity index (χ3n) is 11.0. The lowest BCUT2D eigenvalue weighted by molar-refractivity contribution is 0.0448. The van der Waals surface area contributed by atoms with E-state index in [1.54, 1.807) is 6.20 Å². The van der Waals surface area contributed by atoms with Crippen molar-refractivity contribution in [2.45, 2.75) is 101 Å². The van der Waals surface area contributed by atoms with Crippen molar-refractivity contribution >= 4 is 33.2 Å². The molecule has 4 unspecified atom stereocenters. The minimum Gasteiger partial charge on any atom is -0.389 e. The van der Waals surface area contributed by atoms with E-state index in [1.165, 1.54) is 16.2 Å². The highest BCUT2D eigenvalue weighted by Gasteiger charge is 2.49. The van der Waals surface area contributed by atoms with Crippen molar-refractivity contribution in [1.82, 2.24) is 29.8 Å². The number of nitrogens with zero attached hydrogens (tertiary/aromatic N) is 8. The summed E-state index contributed by atoms with van der Waals surface area (Å²) in [6, 6.07) is 1.79. The second kappa shape index (κ2) is 10.7. The number of nitriles is 1. The van der Waals surface area contributed by atoms with Crippen LogP contribution in [0.25, 0.3) is 22.6 Å². The number of aryl methyl sites for hydroxylation is 1. The molecule has 0 bridgehead atoms. The predicted molar refractivity (Wildman–Crippen MR) is 174 cm³/mol. The summed E-state index contributed by atoms with van der Waals surface area (Å²) in [4.78, 5) is 15.6. The van der Waals surface area contributed by atoms with Gasteiger partial charge in [0.05, 0.1) is 40.2 Å². The van der Waals surface area contributed by atoms with E-state index < -0.39 is 17.2 Å². The first-order chi connectivity index (χ1) is 22.1. The average Bonchev–Trinajstić information content (AvgIpc) is 3.80. The lowest BCUT2D eigenvalue weighted by atomic mass is 9.63. The smallest absolute Gasteiger partial charge is 0.186 e. The second-order valence-electron chi connectivity index (χ2n) is 14.1. The number of nitrogens with two attached hydrogens (primary N) is 1. The molecule has 11 nitrogen and oxygen atoms in total. The van der Waals surface area contributed by atoms with E-state index in [2.05, 4.69) is 21.0 Å². The molecule has 2 aliphatic carbocycles. The average molecular weight is 646 g/mol. The summed E-state index contributed by atoms with van der Waals surface area (Å²) in [7, 11) is 1.96. The molecule has 3 N–H and O–H groups in total. The molecule has 0 saturated carbocycles. The Hall–Kier alpha value is -3.60. The number of aromatic nitrogens is 5. The number of hydrogen-bond donors (Lipinski definition) is 2. The molecule has 46 heavy (non-hydrogen) atoms. The molecule has 4 aliphatic rings. The van der Waals surface area contributed by atoms with Gasteiger partial charge in [-0.2, -0.15) is 10.4 Å². The number of β-amino-alcohol motifs (C(OH)–C–C–N with tert-alkyl or cyclic N) is 1. The van der Waals surface area contributed by atoms with Crippen LogP contribution in [0, 0.1) is 11.3 Å². The fraction of sp³-hybridized carbons (Fsp3) is 0.606. The number of likely N-dealkylation sites (tertiary alicyclic amines) is 1. The molecule has 4 aromatic heterocycles. The van der Waals surface area contributed by atoms with Gasteiger partial charge in [-0.15, -0.1) is 11.3 Å². The first kappa shape index (κ1) is 29.8. The van der Waals surface area contributed by atoms with Crippen LogP contribution in [0.15, 0.2) is 10.7 Å². The molecule has 8 rings (SSSR count). The first-order valence-electron chi connectivity index (χ1n) is 16.5. The number of likely N-dealkylation sites (N-methyl/N-ethyl adjacent to an activating group) is 1. The van der Waals surface area contributed by atoms with Gasteiger partial charge in [-0.25, -0.2) is 19.0 Å². The molecule has 2 fully saturated rings. The van der Waals surface area contributed by atoms with E-state index in [0.29, 0.717) is 59.5 Å². The normalized spacial score (nSPS) is 28.8. The fourth-order valence-electron chi connectivity index (χ4n) is 8.91. The Balaban J connectivity index is 1.30. The van der Waals surface area contributed by atoms with Gasteiger partial charge in [-0.3, -0.25) is 4.90 Å². The molecule has 6 heterocycles. The summed E-state index contributed by atoms with van der Waals surface area (Å²) in [5.41, 5.74) is 8.83. The zero-order valence-corrected chi connectivity index (χ0v) is 27.4. The number of nitrogen functional groups attached to an aromatic ring is 1. The van der Waals surface area contributed by atoms with Crippen molar-refractivity contribution in [3.05, 3.63) is 33.5 Å². The van der Waals surface area contributed by atoms with E-state index in [4.69, 9.17) is 25.3 Å². The number of halogens is 1. The molecule has 2 saturated heterocycles. The Morgan fingerprint density at radius 2 is 2.00 bits per heavy atom. The van der Waals surface area contributed by atoms with Gasteiger partial charge in [-0.1, -0.05) is 5.16 Å². The molecule has 242 valence electrons. The summed E-state index contributed by atoms with van der Waals surface area (Å²) in [6.45, 7) is 5.72. The van der Waals surface area contributed by atoms with Crippen LogP contribution in [0.3, 0.4) is 0 Å². The number of anilines is 2. The standard InChI is InChI=1S/C33H40FN9O2S/c1-18(26-22(34)9-14-41(26)3)43-31-21(16-37-43)30(42-13-6-10-32(2,44)17-42)38-29(39-31)25-19-7-4-11-33(27(19)45-40-25)12-5-8-23-24(33)20(15-35)28(36)46-23/h16,18,22,26,44H,4-14,17,36H2,1-3H3/t18?,22?,26-,32?,33?/m1/s1. The maximum absolute atomic E-state index is 15.2. The van der Waals surface area contributed by atoms with Gasteiger partial charge < -0.3 is 20.3 Å². The first-order valence-corrected chi connectivity index (χ1v) is 17.3. The Labute approximate surface area is 271 Å². The molecule has 0 aromatic carbocycles. The summed E-state index contributed by atoms with van der Waals surface area (Å²) >= 11 is 1.52. The molecule has 4 aromatic rings. The van der Waals surface area contributed by atoms with Gasteiger partial charge in [0.15, 0.2) is 22.9 Å². The van der Waals surface area contributed by atoms with Crippen molar-refractivity contribution in [3.63, 3.8) is 0 Å². The number of hydrogen-bond acceptors (Lipinski definition) is 11. The van der Waals surface area contributed by atoms with Crippen LogP contribution in [-0.2, 0) is 18.3 Å². The van der Waals surface area contributed by atoms with Crippen LogP contribution in [0.2, 0.25) is 0 Å². The zero-order chi connectivity index (χ0) is 32.0. The van der Waals surface area contributed by atoms with Crippen LogP contribution in [0.5, 0.6) is 0 Å². The topological polar surface area (TPSA) is 146 Å². The van der Waals surface area contributed by atoms with Gasteiger partial charge in [-0.05, 0) is 84.2 Å². The number of alkyl halides is 1. The van der Waals surface area contributed by atoms with Crippen molar-refractivity contribution in [2.75, 3.05) is 37.3 Å². The molecule has 13 heteroatoms. The van der Waals surface area contributed by atoms with Crippen molar-refractivity contribution in [1.29, 1.82) is 5.26 Å². The van der Waals surface area contributed by atoms with E-state index in [1.807, 2.05) is 25.6 Å². The van der Waals surface area contributed by atoms with E-state index in [0.717, 1.165) is 73.8 Å². The largest absolute Gasteiger partial charge is 0.389 e. The fourth-order valence-corrected chi connectivity index (χ4v) is 10.1. The van der Waals surface area contributed by atoms with Gasteiger partial charge in [0.25, 0.3) is 0 Å². The Kier molecular flexibility index (Phi) is 6.94. The Morgan fingerprint density at radius 3 is 2.74 bits per heavy atom. The molecule has 0 radical (unpaired) electrons. The lowest BCUT2D eigenvalue weighted by Gasteiger charge is -2.39. The van der Waals surface area contributed by atoms with Crippen LogP contribution in [-0.4, -0.2) is 79.4 Å². The van der Waals surface area contributed by atoms with Crippen molar-refractivity contribution in [2.24, 2.45) is 0 Å². The monoisotopic (exact) mass is 645 g/mol. The number of aliphatic hydroxyl groups is 1. The predicted octanol–water partition coefficient (Wildman–Crippen LogP) is 4.91. The summed E-state index contributed by atoms with van der Waals surface area (Å²) in [6.07, 6.45) is 8.14. The molecule has 5 atom stereocenters. The van der Waals surface area contributed by atoms with Crippen LogP contribution < -0.4 is 10.6 Å². The number of piperidine rings is 1. The third-order valence-corrected chi connectivity index (χ3v) is 12.1. The quantitative estimate of drug-likeness (QED) is 0.314. The summed E-state index contributed by atoms with van der Waals surface area (Å²) in [5, 5.41) is 31.9. The van der Waals surface area contributed by atoms with Crippen LogP contribution >= 0.6 is 11.3 Å². The van der Waals surface area contributed by atoms with Gasteiger partial charge >= 0.3 is 0 Å². The van der Waals surface area contributed by atoms with Gasteiger partial charge in [0.2, 0.25) is 0 Å². The van der Waals surface area contributed by atoms with Gasteiger partial charge in [0, 0.05) is 30.1 Å². The molecule has 0 amide bonds. The van der Waals surface area contributed by atoms with Crippen LogP contribution in [0.4, 0.5) is 15.2 Å². The maximum atomic E-state index is 15.2.